The monoisotopic (exact) mass is 381 g/mol. The lowest BCUT2D eigenvalue weighted by Crippen LogP contribution is -2.29. The van der Waals surface area contributed by atoms with Crippen LogP contribution in [0.3, 0.4) is 0 Å². The van der Waals surface area contributed by atoms with Crippen molar-refractivity contribution in [1.29, 1.82) is 0 Å². The van der Waals surface area contributed by atoms with Gasteiger partial charge in [-0.25, -0.2) is 0 Å². The zero-order valence-electron chi connectivity index (χ0n) is 15.5. The number of thioether (sulfide) groups is 1. The van der Waals surface area contributed by atoms with Crippen molar-refractivity contribution < 1.29 is 9.21 Å². The predicted molar refractivity (Wildman–Crippen MR) is 107 cm³/mol. The first-order chi connectivity index (χ1) is 13.2. The Kier molecular flexibility index (Phi) is 6.65. The summed E-state index contributed by atoms with van der Waals surface area (Å²) in [5.41, 5.74) is 3.10. The first-order valence-corrected chi connectivity index (χ1v) is 10.0. The van der Waals surface area contributed by atoms with E-state index in [0.29, 0.717) is 11.1 Å². The normalized spacial score (nSPS) is 11.9. The zero-order chi connectivity index (χ0) is 19.1. The second-order valence-electron chi connectivity index (χ2n) is 6.30. The lowest BCUT2D eigenvalue weighted by molar-refractivity contribution is -0.119. The Bertz CT molecular complexity index is 880. The van der Waals surface area contributed by atoms with Crippen molar-refractivity contribution in [3.05, 3.63) is 65.7 Å². The van der Waals surface area contributed by atoms with E-state index in [2.05, 4.69) is 22.4 Å². The van der Waals surface area contributed by atoms with Gasteiger partial charge in [0.05, 0.1) is 11.8 Å². The summed E-state index contributed by atoms with van der Waals surface area (Å²) in [6.45, 7) is 4.11. The van der Waals surface area contributed by atoms with Crippen LogP contribution in [0.1, 0.15) is 36.9 Å². The van der Waals surface area contributed by atoms with E-state index in [1.807, 2.05) is 61.5 Å². The van der Waals surface area contributed by atoms with Crippen molar-refractivity contribution in [1.82, 2.24) is 15.5 Å². The van der Waals surface area contributed by atoms with E-state index in [0.717, 1.165) is 29.5 Å². The molecule has 3 aromatic rings. The quantitative estimate of drug-likeness (QED) is 0.568. The van der Waals surface area contributed by atoms with Gasteiger partial charge in [0.15, 0.2) is 0 Å². The summed E-state index contributed by atoms with van der Waals surface area (Å²) in [4.78, 5) is 12.4. The fraction of sp³-hybridized carbons (Fsp3) is 0.286. The maximum atomic E-state index is 12.4. The maximum absolute atomic E-state index is 12.4. The molecule has 5 nitrogen and oxygen atoms in total. The number of nitrogens with one attached hydrogen (secondary N) is 1. The molecule has 0 fully saturated rings. The van der Waals surface area contributed by atoms with Crippen LogP contribution in [-0.4, -0.2) is 21.9 Å². The van der Waals surface area contributed by atoms with Crippen molar-refractivity contribution in [3.63, 3.8) is 0 Å². The molecule has 1 N–H and O–H groups in total. The fourth-order valence-corrected chi connectivity index (χ4v) is 3.42. The molecule has 1 amide bonds. The molecule has 1 atom stereocenters. The van der Waals surface area contributed by atoms with Gasteiger partial charge in [0, 0.05) is 5.56 Å². The number of nitrogens with zero attached hydrogens (tertiary/aromatic N) is 2. The summed E-state index contributed by atoms with van der Waals surface area (Å²) in [6.07, 6.45) is 1.90. The number of hydrogen-bond donors (Lipinski definition) is 1. The predicted octanol–water partition coefficient (Wildman–Crippen LogP) is 4.79. The van der Waals surface area contributed by atoms with Gasteiger partial charge in [0.2, 0.25) is 11.8 Å². The highest BCUT2D eigenvalue weighted by atomic mass is 32.2. The molecule has 0 radical (unpaired) electrons. The molecule has 0 saturated heterocycles. The molecule has 0 saturated carbocycles. The van der Waals surface area contributed by atoms with E-state index < -0.39 is 0 Å². The first-order valence-electron chi connectivity index (χ1n) is 9.04. The minimum atomic E-state index is -0.0436. The number of hydrogen-bond acceptors (Lipinski definition) is 5. The zero-order valence-corrected chi connectivity index (χ0v) is 16.3. The molecule has 0 bridgehead atoms. The van der Waals surface area contributed by atoms with E-state index in [4.69, 9.17) is 4.42 Å². The van der Waals surface area contributed by atoms with Crippen molar-refractivity contribution in [2.24, 2.45) is 0 Å². The summed E-state index contributed by atoms with van der Waals surface area (Å²) in [7, 11) is 0. The highest BCUT2D eigenvalue weighted by molar-refractivity contribution is 7.99. The van der Waals surface area contributed by atoms with Crippen LogP contribution >= 0.6 is 11.8 Å². The van der Waals surface area contributed by atoms with Crippen molar-refractivity contribution in [2.45, 2.75) is 38.0 Å². The van der Waals surface area contributed by atoms with Crippen LogP contribution in [0.25, 0.3) is 11.5 Å². The summed E-state index contributed by atoms with van der Waals surface area (Å²) in [6, 6.07) is 17.9. The summed E-state index contributed by atoms with van der Waals surface area (Å²) < 4.78 is 5.70. The number of amides is 1. The molecule has 0 aliphatic rings. The average Bonchev–Trinajstić information content (AvgIpc) is 3.16. The molecule has 1 heterocycles. The Labute approximate surface area is 163 Å². The van der Waals surface area contributed by atoms with Crippen LogP contribution in [0.2, 0.25) is 0 Å². The molecule has 1 unspecified atom stereocenters. The van der Waals surface area contributed by atoms with Crippen LogP contribution in [0, 0.1) is 6.92 Å². The van der Waals surface area contributed by atoms with Crippen LogP contribution in [0.15, 0.2) is 64.2 Å². The Hall–Kier alpha value is -2.60. The van der Waals surface area contributed by atoms with E-state index >= 15 is 0 Å². The van der Waals surface area contributed by atoms with Crippen LogP contribution in [0.5, 0.6) is 0 Å². The van der Waals surface area contributed by atoms with Crippen molar-refractivity contribution in [3.8, 4) is 11.5 Å². The third kappa shape index (κ3) is 5.20. The highest BCUT2D eigenvalue weighted by Crippen LogP contribution is 2.25. The molecular formula is C21H23N3O2S. The van der Waals surface area contributed by atoms with Crippen LogP contribution in [-0.2, 0) is 4.79 Å². The summed E-state index contributed by atoms with van der Waals surface area (Å²) in [5.74, 6) is 0.671. The van der Waals surface area contributed by atoms with E-state index in [1.54, 1.807) is 0 Å². The third-order valence-corrected chi connectivity index (χ3v) is 5.04. The van der Waals surface area contributed by atoms with Gasteiger partial charge in [-0.3, -0.25) is 4.79 Å². The Morgan fingerprint density at radius 3 is 2.59 bits per heavy atom. The fourth-order valence-electron chi connectivity index (χ4n) is 2.85. The molecule has 1 aromatic heterocycles. The number of carbonyl (C=O) groups excluding carboxylic acids is 1. The number of aromatic nitrogens is 2. The smallest absolute Gasteiger partial charge is 0.277 e. The second-order valence-corrected chi connectivity index (χ2v) is 7.22. The summed E-state index contributed by atoms with van der Waals surface area (Å²) >= 11 is 1.25. The van der Waals surface area contributed by atoms with Gasteiger partial charge in [0.25, 0.3) is 5.22 Å². The van der Waals surface area contributed by atoms with E-state index in [1.165, 1.54) is 11.8 Å². The minimum absolute atomic E-state index is 0.0227. The number of aryl methyl sites for hydroxylation is 1. The number of benzene rings is 2. The van der Waals surface area contributed by atoms with Gasteiger partial charge in [-0.2, -0.15) is 0 Å². The number of rotatable bonds is 8. The largest absolute Gasteiger partial charge is 0.411 e. The Balaban J connectivity index is 1.58. The van der Waals surface area contributed by atoms with Gasteiger partial charge in [-0.05, 0) is 30.5 Å². The lowest BCUT2D eigenvalue weighted by Gasteiger charge is -2.18. The van der Waals surface area contributed by atoms with Crippen molar-refractivity contribution in [2.75, 3.05) is 5.75 Å². The molecule has 3 rings (SSSR count). The molecule has 0 aliphatic heterocycles. The van der Waals surface area contributed by atoms with Gasteiger partial charge in [0.1, 0.15) is 0 Å². The standard InChI is InChI=1S/C21H23N3O2S/c1-3-9-18(16-11-5-4-6-12-16)22-19(25)14-27-21-24-23-20(26-21)17-13-8-7-10-15(17)2/h4-8,10-13,18H,3,9,14H2,1-2H3,(H,22,25). The third-order valence-electron chi connectivity index (χ3n) is 4.22. The molecule has 0 aliphatic carbocycles. The maximum Gasteiger partial charge on any atom is 0.277 e. The molecule has 6 heteroatoms. The van der Waals surface area contributed by atoms with E-state index in [-0.39, 0.29) is 17.7 Å². The van der Waals surface area contributed by atoms with Crippen molar-refractivity contribution >= 4 is 17.7 Å². The Morgan fingerprint density at radius 1 is 1.11 bits per heavy atom. The molecule has 140 valence electrons. The molecule has 27 heavy (non-hydrogen) atoms. The average molecular weight is 382 g/mol. The minimum Gasteiger partial charge on any atom is -0.411 e. The van der Waals surface area contributed by atoms with E-state index in [9.17, 15) is 4.79 Å². The molecular weight excluding hydrogens is 358 g/mol. The van der Waals surface area contributed by atoms with Crippen LogP contribution in [0.4, 0.5) is 0 Å². The topological polar surface area (TPSA) is 68.0 Å². The SMILES string of the molecule is CCCC(NC(=O)CSc1nnc(-c2ccccc2C)o1)c1ccccc1. The first kappa shape index (κ1) is 19.2. The number of carbonyl (C=O) groups is 1. The van der Waals surface area contributed by atoms with Crippen LogP contribution < -0.4 is 5.32 Å². The lowest BCUT2D eigenvalue weighted by atomic mass is 10.0. The van der Waals surface area contributed by atoms with Gasteiger partial charge in [-0.1, -0.05) is 73.6 Å². The second kappa shape index (κ2) is 9.37. The van der Waals surface area contributed by atoms with Gasteiger partial charge in [-0.15, -0.1) is 10.2 Å². The van der Waals surface area contributed by atoms with Gasteiger partial charge >= 0.3 is 0 Å². The highest BCUT2D eigenvalue weighted by Gasteiger charge is 2.16. The summed E-state index contributed by atoms with van der Waals surface area (Å²) in [5, 5.41) is 11.6. The van der Waals surface area contributed by atoms with Gasteiger partial charge < -0.3 is 9.73 Å². The Morgan fingerprint density at radius 2 is 1.85 bits per heavy atom. The molecule has 2 aromatic carbocycles. The molecule has 0 spiro atoms.